The fraction of sp³-hybridized carbons (Fsp3) is 0.100. The number of hydrogen-bond donors (Lipinski definition) is 1. The Morgan fingerprint density at radius 2 is 2.40 bits per heavy atom. The highest BCUT2D eigenvalue weighted by atomic mass is 32.1. The second kappa shape index (κ2) is 3.67. The van der Waals surface area contributed by atoms with Crippen molar-refractivity contribution in [1.29, 1.82) is 5.26 Å². The number of pyridine rings is 1. The van der Waals surface area contributed by atoms with Crippen molar-refractivity contribution in [3.05, 3.63) is 38.6 Å². The van der Waals surface area contributed by atoms with Gasteiger partial charge in [0.1, 0.15) is 11.6 Å². The molecule has 15 heavy (non-hydrogen) atoms. The maximum Gasteiger partial charge on any atom is 0.266 e. The molecule has 0 fully saturated rings. The van der Waals surface area contributed by atoms with Gasteiger partial charge in [0, 0.05) is 16.6 Å². The molecule has 74 valence electrons. The molecular formula is C10H7N3OS. The van der Waals surface area contributed by atoms with Gasteiger partial charge < -0.3 is 4.98 Å². The number of rotatable bonds is 1. The van der Waals surface area contributed by atoms with Crippen LogP contribution >= 0.6 is 11.3 Å². The summed E-state index contributed by atoms with van der Waals surface area (Å²) in [4.78, 5) is 18.1. The van der Waals surface area contributed by atoms with Gasteiger partial charge in [-0.3, -0.25) is 4.79 Å². The minimum absolute atomic E-state index is 0.114. The molecule has 5 heteroatoms. The van der Waals surface area contributed by atoms with Crippen LogP contribution in [0.1, 0.15) is 11.3 Å². The van der Waals surface area contributed by atoms with Crippen LogP contribution in [0.5, 0.6) is 0 Å². The van der Waals surface area contributed by atoms with Crippen LogP contribution in [0.25, 0.3) is 11.3 Å². The molecular weight excluding hydrogens is 210 g/mol. The third-order valence-electron chi connectivity index (χ3n) is 2.07. The van der Waals surface area contributed by atoms with Gasteiger partial charge in [-0.25, -0.2) is 4.98 Å². The average molecular weight is 217 g/mol. The van der Waals surface area contributed by atoms with E-state index in [0.29, 0.717) is 0 Å². The van der Waals surface area contributed by atoms with Crippen LogP contribution in [0.15, 0.2) is 21.8 Å². The lowest BCUT2D eigenvalue weighted by Gasteiger charge is -2.01. The molecule has 0 aromatic carbocycles. The smallest absolute Gasteiger partial charge is 0.266 e. The Morgan fingerprint density at radius 3 is 3.00 bits per heavy atom. The first-order valence-corrected chi connectivity index (χ1v) is 5.19. The zero-order chi connectivity index (χ0) is 10.8. The maximum atomic E-state index is 11.3. The summed E-state index contributed by atoms with van der Waals surface area (Å²) in [5.74, 6) is 0. The average Bonchev–Trinajstić information content (AvgIpc) is 2.71. The largest absolute Gasteiger partial charge is 0.325 e. The number of aromatic amines is 1. The first-order chi connectivity index (χ1) is 7.22. The number of aryl methyl sites for hydroxylation is 1. The Kier molecular flexibility index (Phi) is 2.35. The molecule has 2 aromatic rings. The topological polar surface area (TPSA) is 69.5 Å². The van der Waals surface area contributed by atoms with E-state index >= 15 is 0 Å². The van der Waals surface area contributed by atoms with E-state index in [-0.39, 0.29) is 11.1 Å². The van der Waals surface area contributed by atoms with Gasteiger partial charge >= 0.3 is 0 Å². The van der Waals surface area contributed by atoms with E-state index in [9.17, 15) is 4.79 Å². The van der Waals surface area contributed by atoms with Gasteiger partial charge in [-0.2, -0.15) is 5.26 Å². The van der Waals surface area contributed by atoms with Gasteiger partial charge in [0.2, 0.25) is 0 Å². The normalized spacial score (nSPS) is 9.87. The van der Waals surface area contributed by atoms with Crippen molar-refractivity contribution >= 4 is 11.3 Å². The zero-order valence-corrected chi connectivity index (χ0v) is 8.76. The summed E-state index contributed by atoms with van der Waals surface area (Å²) >= 11 is 1.47. The molecule has 0 aliphatic heterocycles. The van der Waals surface area contributed by atoms with Crippen molar-refractivity contribution in [3.63, 3.8) is 0 Å². The molecule has 2 aromatic heterocycles. The highest BCUT2D eigenvalue weighted by Gasteiger charge is 2.08. The Bertz CT molecular complexity index is 578. The van der Waals surface area contributed by atoms with Gasteiger partial charge in [-0.15, -0.1) is 11.3 Å². The quantitative estimate of drug-likeness (QED) is 0.790. The molecule has 0 saturated carbocycles. The monoisotopic (exact) mass is 217 g/mol. The Hall–Kier alpha value is -1.93. The lowest BCUT2D eigenvalue weighted by atomic mass is 10.1. The number of aromatic nitrogens is 2. The number of hydrogen-bond acceptors (Lipinski definition) is 4. The van der Waals surface area contributed by atoms with E-state index in [0.717, 1.165) is 17.0 Å². The SMILES string of the molecule is Cc1[nH]c(=O)c(C#N)cc1-c1cscn1. The third-order valence-corrected chi connectivity index (χ3v) is 2.65. The number of nitrogens with one attached hydrogen (secondary N) is 1. The summed E-state index contributed by atoms with van der Waals surface area (Å²) in [5.41, 5.74) is 3.78. The van der Waals surface area contributed by atoms with Crippen LogP contribution in [-0.2, 0) is 0 Å². The lowest BCUT2D eigenvalue weighted by molar-refractivity contribution is 1.13. The van der Waals surface area contributed by atoms with E-state index in [1.807, 2.05) is 11.4 Å². The highest BCUT2D eigenvalue weighted by Crippen LogP contribution is 2.21. The fourth-order valence-electron chi connectivity index (χ4n) is 1.32. The van der Waals surface area contributed by atoms with Crippen LogP contribution in [0, 0.1) is 18.3 Å². The van der Waals surface area contributed by atoms with Crippen molar-refractivity contribution in [2.24, 2.45) is 0 Å². The Balaban J connectivity index is 2.69. The molecule has 0 spiro atoms. The van der Waals surface area contributed by atoms with Crippen molar-refractivity contribution < 1.29 is 0 Å². The summed E-state index contributed by atoms with van der Waals surface area (Å²) in [7, 11) is 0. The second-order valence-electron chi connectivity index (χ2n) is 3.04. The van der Waals surface area contributed by atoms with Crippen LogP contribution in [-0.4, -0.2) is 9.97 Å². The standard InChI is InChI=1S/C10H7N3OS/c1-6-8(9-4-15-5-12-9)2-7(3-11)10(14)13-6/h2,4-5H,1H3,(H,13,14). The minimum atomic E-state index is -0.353. The number of nitriles is 1. The molecule has 2 heterocycles. The molecule has 0 unspecified atom stereocenters. The predicted molar refractivity (Wildman–Crippen MR) is 57.6 cm³/mol. The number of thiazole rings is 1. The summed E-state index contributed by atoms with van der Waals surface area (Å²) in [6, 6.07) is 3.43. The zero-order valence-electron chi connectivity index (χ0n) is 7.94. The summed E-state index contributed by atoms with van der Waals surface area (Å²) in [6.07, 6.45) is 0. The molecule has 2 rings (SSSR count). The van der Waals surface area contributed by atoms with Gasteiger partial charge in [-0.1, -0.05) is 0 Å². The molecule has 4 nitrogen and oxygen atoms in total. The van der Waals surface area contributed by atoms with E-state index in [4.69, 9.17) is 5.26 Å². The van der Waals surface area contributed by atoms with Gasteiger partial charge in [0.15, 0.2) is 0 Å². The van der Waals surface area contributed by atoms with Crippen LogP contribution in [0.3, 0.4) is 0 Å². The summed E-state index contributed by atoms with van der Waals surface area (Å²) in [5, 5.41) is 10.6. The van der Waals surface area contributed by atoms with Gasteiger partial charge in [-0.05, 0) is 13.0 Å². The van der Waals surface area contributed by atoms with Gasteiger partial charge in [0.25, 0.3) is 5.56 Å². The molecule has 0 radical (unpaired) electrons. The van der Waals surface area contributed by atoms with Crippen LogP contribution < -0.4 is 5.56 Å². The van der Waals surface area contributed by atoms with E-state index in [1.165, 1.54) is 11.3 Å². The first kappa shape index (κ1) is 9.62. The van der Waals surface area contributed by atoms with E-state index in [1.54, 1.807) is 18.5 Å². The van der Waals surface area contributed by atoms with Crippen molar-refractivity contribution in [1.82, 2.24) is 9.97 Å². The Morgan fingerprint density at radius 1 is 1.60 bits per heavy atom. The molecule has 0 amide bonds. The number of H-pyrrole nitrogens is 1. The van der Waals surface area contributed by atoms with E-state index in [2.05, 4.69) is 9.97 Å². The van der Waals surface area contributed by atoms with Crippen molar-refractivity contribution in [3.8, 4) is 17.3 Å². The summed E-state index contributed by atoms with van der Waals surface area (Å²) < 4.78 is 0. The molecule has 0 aliphatic carbocycles. The molecule has 0 bridgehead atoms. The van der Waals surface area contributed by atoms with Gasteiger partial charge in [0.05, 0.1) is 11.2 Å². The van der Waals surface area contributed by atoms with E-state index < -0.39 is 0 Å². The van der Waals surface area contributed by atoms with Crippen molar-refractivity contribution in [2.45, 2.75) is 6.92 Å². The molecule has 0 saturated heterocycles. The van der Waals surface area contributed by atoms with Crippen LogP contribution in [0.4, 0.5) is 0 Å². The van der Waals surface area contributed by atoms with Crippen LogP contribution in [0.2, 0.25) is 0 Å². The fourth-order valence-corrected chi connectivity index (χ4v) is 1.87. The maximum absolute atomic E-state index is 11.3. The molecule has 0 aliphatic rings. The predicted octanol–water partition coefficient (Wildman–Crippen LogP) is 1.68. The molecule has 0 atom stereocenters. The third kappa shape index (κ3) is 1.67. The summed E-state index contributed by atoms with van der Waals surface area (Å²) in [6.45, 7) is 1.79. The van der Waals surface area contributed by atoms with Crippen molar-refractivity contribution in [2.75, 3.05) is 0 Å². The first-order valence-electron chi connectivity index (χ1n) is 4.25. The lowest BCUT2D eigenvalue weighted by Crippen LogP contribution is -2.11. The second-order valence-corrected chi connectivity index (χ2v) is 3.75. The highest BCUT2D eigenvalue weighted by molar-refractivity contribution is 7.07. The molecule has 1 N–H and O–H groups in total. The number of nitrogens with zero attached hydrogens (tertiary/aromatic N) is 2. The Labute approximate surface area is 89.9 Å². The minimum Gasteiger partial charge on any atom is -0.325 e.